The molecule has 0 aliphatic carbocycles. The smallest absolute Gasteiger partial charge is 0.141 e. The normalized spacial score (nSPS) is 10.8. The molecule has 100 valence electrons. The van der Waals surface area contributed by atoms with Crippen LogP contribution in [0.5, 0.6) is 0 Å². The monoisotopic (exact) mass is 303 g/mol. The lowest BCUT2D eigenvalue weighted by Crippen LogP contribution is -1.96. The van der Waals surface area contributed by atoms with Crippen molar-refractivity contribution in [2.75, 3.05) is 5.32 Å². The molecular weight excluding hydrogens is 293 g/mol. The second-order valence-electron chi connectivity index (χ2n) is 4.49. The number of hydrogen-bond acceptors (Lipinski definition) is 3. The van der Waals surface area contributed by atoms with Crippen molar-refractivity contribution in [1.82, 2.24) is 9.97 Å². The van der Waals surface area contributed by atoms with E-state index in [1.807, 2.05) is 37.3 Å². The lowest BCUT2D eigenvalue weighted by atomic mass is 10.2. The summed E-state index contributed by atoms with van der Waals surface area (Å²) in [5.74, 6) is 0.684. The van der Waals surface area contributed by atoms with Crippen molar-refractivity contribution in [2.45, 2.75) is 6.92 Å². The third-order valence-electron chi connectivity index (χ3n) is 2.98. The first-order valence-electron chi connectivity index (χ1n) is 6.07. The number of nitrogens with one attached hydrogen (secondary N) is 1. The SMILES string of the molecule is Cc1ccc(Nc2ncnc3ccc(Cl)cc23)c(Cl)c1. The van der Waals surface area contributed by atoms with Crippen LogP contribution in [0.1, 0.15) is 5.56 Å². The summed E-state index contributed by atoms with van der Waals surface area (Å²) in [6.45, 7) is 2.00. The maximum Gasteiger partial charge on any atom is 0.141 e. The van der Waals surface area contributed by atoms with Gasteiger partial charge in [0, 0.05) is 10.4 Å². The van der Waals surface area contributed by atoms with Gasteiger partial charge < -0.3 is 5.32 Å². The highest BCUT2D eigenvalue weighted by Gasteiger charge is 2.07. The van der Waals surface area contributed by atoms with Crippen LogP contribution < -0.4 is 5.32 Å². The summed E-state index contributed by atoms with van der Waals surface area (Å²) in [6.07, 6.45) is 1.51. The number of fused-ring (bicyclic) bond motifs is 1. The summed E-state index contributed by atoms with van der Waals surface area (Å²) < 4.78 is 0. The van der Waals surface area contributed by atoms with E-state index in [4.69, 9.17) is 23.2 Å². The van der Waals surface area contributed by atoms with Gasteiger partial charge in [-0.25, -0.2) is 9.97 Å². The number of anilines is 2. The van der Waals surface area contributed by atoms with Gasteiger partial charge in [0.2, 0.25) is 0 Å². The summed E-state index contributed by atoms with van der Waals surface area (Å²) in [5.41, 5.74) is 2.74. The molecule has 0 saturated heterocycles. The predicted octanol–water partition coefficient (Wildman–Crippen LogP) is 4.99. The van der Waals surface area contributed by atoms with Crippen LogP contribution in [-0.2, 0) is 0 Å². The quantitative estimate of drug-likeness (QED) is 0.725. The minimum absolute atomic E-state index is 0.644. The lowest BCUT2D eigenvalue weighted by Gasteiger charge is -2.10. The average molecular weight is 304 g/mol. The van der Waals surface area contributed by atoms with Crippen LogP contribution in [0.25, 0.3) is 10.9 Å². The van der Waals surface area contributed by atoms with Gasteiger partial charge in [-0.1, -0.05) is 29.3 Å². The van der Waals surface area contributed by atoms with Gasteiger partial charge in [-0.3, -0.25) is 0 Å². The largest absolute Gasteiger partial charge is 0.338 e. The Kier molecular flexibility index (Phi) is 3.47. The third-order valence-corrected chi connectivity index (χ3v) is 3.52. The average Bonchev–Trinajstić information content (AvgIpc) is 2.42. The van der Waals surface area contributed by atoms with Crippen LogP contribution in [0.15, 0.2) is 42.7 Å². The van der Waals surface area contributed by atoms with E-state index in [0.717, 1.165) is 22.2 Å². The molecule has 5 heteroatoms. The van der Waals surface area contributed by atoms with Gasteiger partial charge in [0.15, 0.2) is 0 Å². The van der Waals surface area contributed by atoms with Gasteiger partial charge >= 0.3 is 0 Å². The molecule has 20 heavy (non-hydrogen) atoms. The van der Waals surface area contributed by atoms with E-state index in [2.05, 4.69) is 15.3 Å². The van der Waals surface area contributed by atoms with E-state index in [9.17, 15) is 0 Å². The maximum absolute atomic E-state index is 6.23. The Balaban J connectivity index is 2.08. The van der Waals surface area contributed by atoms with Gasteiger partial charge in [-0.2, -0.15) is 0 Å². The molecular formula is C15H11Cl2N3. The van der Waals surface area contributed by atoms with Crippen molar-refractivity contribution in [3.05, 3.63) is 58.3 Å². The topological polar surface area (TPSA) is 37.8 Å². The first kappa shape index (κ1) is 13.2. The Hall–Kier alpha value is -1.84. The van der Waals surface area contributed by atoms with E-state index in [1.165, 1.54) is 6.33 Å². The Morgan fingerprint density at radius 1 is 1.00 bits per heavy atom. The fourth-order valence-corrected chi connectivity index (χ4v) is 2.43. The highest BCUT2D eigenvalue weighted by Crippen LogP contribution is 2.29. The van der Waals surface area contributed by atoms with Crippen LogP contribution >= 0.6 is 23.2 Å². The standard InChI is InChI=1S/C15H11Cl2N3/c1-9-2-4-14(12(17)6-9)20-15-11-7-10(16)3-5-13(11)18-8-19-15/h2-8H,1H3,(H,18,19,20). The number of halogens is 2. The van der Waals surface area contributed by atoms with Crippen molar-refractivity contribution >= 4 is 45.6 Å². The van der Waals surface area contributed by atoms with Gasteiger partial charge in [-0.15, -0.1) is 0 Å². The Morgan fingerprint density at radius 3 is 2.65 bits per heavy atom. The Bertz CT molecular complexity index is 787. The highest BCUT2D eigenvalue weighted by atomic mass is 35.5. The molecule has 2 aromatic carbocycles. The van der Waals surface area contributed by atoms with Crippen molar-refractivity contribution in [2.24, 2.45) is 0 Å². The summed E-state index contributed by atoms with van der Waals surface area (Å²) in [4.78, 5) is 8.49. The minimum atomic E-state index is 0.644. The Morgan fingerprint density at radius 2 is 1.85 bits per heavy atom. The van der Waals surface area contributed by atoms with Gasteiger partial charge in [-0.05, 0) is 42.8 Å². The van der Waals surface area contributed by atoms with Gasteiger partial charge in [0.05, 0.1) is 16.2 Å². The molecule has 0 fully saturated rings. The Labute approximate surface area is 126 Å². The van der Waals surface area contributed by atoms with Crippen LogP contribution in [-0.4, -0.2) is 9.97 Å². The van der Waals surface area contributed by atoms with Crippen molar-refractivity contribution in [1.29, 1.82) is 0 Å². The number of hydrogen-bond donors (Lipinski definition) is 1. The van der Waals surface area contributed by atoms with Gasteiger partial charge in [0.25, 0.3) is 0 Å². The molecule has 1 aromatic heterocycles. The molecule has 3 nitrogen and oxygen atoms in total. The molecule has 3 aromatic rings. The molecule has 0 bridgehead atoms. The van der Waals surface area contributed by atoms with Crippen LogP contribution in [0.3, 0.4) is 0 Å². The maximum atomic E-state index is 6.23. The molecule has 0 aliphatic heterocycles. The molecule has 0 saturated carbocycles. The predicted molar refractivity (Wildman–Crippen MR) is 84.0 cm³/mol. The number of aryl methyl sites for hydroxylation is 1. The molecule has 0 spiro atoms. The zero-order valence-electron chi connectivity index (χ0n) is 10.7. The zero-order valence-corrected chi connectivity index (χ0v) is 12.2. The van der Waals surface area contributed by atoms with Crippen LogP contribution in [0.2, 0.25) is 10.0 Å². The van der Waals surface area contributed by atoms with Crippen molar-refractivity contribution < 1.29 is 0 Å². The minimum Gasteiger partial charge on any atom is -0.338 e. The molecule has 0 unspecified atom stereocenters. The second kappa shape index (κ2) is 5.27. The molecule has 1 N–H and O–H groups in total. The summed E-state index contributed by atoms with van der Waals surface area (Å²) >= 11 is 12.3. The molecule has 0 amide bonds. The number of rotatable bonds is 2. The van der Waals surface area contributed by atoms with E-state index in [0.29, 0.717) is 15.9 Å². The molecule has 3 rings (SSSR count). The van der Waals surface area contributed by atoms with E-state index >= 15 is 0 Å². The molecule has 1 heterocycles. The fraction of sp³-hybridized carbons (Fsp3) is 0.0667. The number of benzene rings is 2. The van der Waals surface area contributed by atoms with E-state index in [-0.39, 0.29) is 0 Å². The van der Waals surface area contributed by atoms with Crippen LogP contribution in [0, 0.1) is 6.92 Å². The fourth-order valence-electron chi connectivity index (χ4n) is 1.98. The summed E-state index contributed by atoms with van der Waals surface area (Å²) in [5, 5.41) is 5.38. The van der Waals surface area contributed by atoms with Gasteiger partial charge in [0.1, 0.15) is 12.1 Å². The van der Waals surface area contributed by atoms with Crippen LogP contribution in [0.4, 0.5) is 11.5 Å². The second-order valence-corrected chi connectivity index (χ2v) is 5.34. The lowest BCUT2D eigenvalue weighted by molar-refractivity contribution is 1.22. The first-order valence-corrected chi connectivity index (χ1v) is 6.82. The van der Waals surface area contributed by atoms with Crippen molar-refractivity contribution in [3.63, 3.8) is 0 Å². The first-order chi connectivity index (χ1) is 9.63. The zero-order chi connectivity index (χ0) is 14.1. The van der Waals surface area contributed by atoms with E-state index in [1.54, 1.807) is 6.07 Å². The molecule has 0 atom stereocenters. The van der Waals surface area contributed by atoms with E-state index < -0.39 is 0 Å². The summed E-state index contributed by atoms with van der Waals surface area (Å²) in [7, 11) is 0. The highest BCUT2D eigenvalue weighted by molar-refractivity contribution is 6.33. The van der Waals surface area contributed by atoms with Crippen molar-refractivity contribution in [3.8, 4) is 0 Å². The summed E-state index contributed by atoms with van der Waals surface area (Å²) in [6, 6.07) is 11.3. The molecule has 0 radical (unpaired) electrons. The number of aromatic nitrogens is 2. The number of nitrogens with zero attached hydrogens (tertiary/aromatic N) is 2. The molecule has 0 aliphatic rings. The third kappa shape index (κ3) is 2.55.